The number of carbonyl (C=O) groups excluding carboxylic acids is 1. The van der Waals surface area contributed by atoms with E-state index in [1.54, 1.807) is 19.3 Å². The van der Waals surface area contributed by atoms with Gasteiger partial charge in [0.15, 0.2) is 0 Å². The van der Waals surface area contributed by atoms with Gasteiger partial charge in [-0.25, -0.2) is 9.97 Å². The molecule has 0 unspecified atom stereocenters. The van der Waals surface area contributed by atoms with E-state index in [-0.39, 0.29) is 23.8 Å². The van der Waals surface area contributed by atoms with Gasteiger partial charge >= 0.3 is 0 Å². The zero-order valence-electron chi connectivity index (χ0n) is 13.1. The number of piperidine rings is 2. The fourth-order valence-electron chi connectivity index (χ4n) is 3.93. The van der Waals surface area contributed by atoms with Gasteiger partial charge in [-0.15, -0.1) is 0 Å². The number of hydrogen-bond donors (Lipinski definition) is 1. The fourth-order valence-corrected chi connectivity index (χ4v) is 3.93. The second kappa shape index (κ2) is 6.20. The molecule has 6 nitrogen and oxygen atoms in total. The van der Waals surface area contributed by atoms with Crippen LogP contribution in [-0.2, 0) is 4.79 Å². The summed E-state index contributed by atoms with van der Waals surface area (Å²) in [6.45, 7) is 5.16. The average Bonchev–Trinajstić information content (AvgIpc) is 2.56. The Morgan fingerprint density at radius 2 is 1.91 bits per heavy atom. The number of likely N-dealkylation sites (tertiary alicyclic amines) is 1. The first-order valence-electron chi connectivity index (χ1n) is 8.03. The van der Waals surface area contributed by atoms with Crippen molar-refractivity contribution in [1.82, 2.24) is 14.9 Å². The molecule has 0 aliphatic carbocycles. The highest BCUT2D eigenvalue weighted by Gasteiger charge is 2.45. The number of aliphatic hydroxyl groups excluding tert-OH is 1. The van der Waals surface area contributed by atoms with E-state index in [0.717, 1.165) is 51.4 Å². The van der Waals surface area contributed by atoms with Gasteiger partial charge in [0.1, 0.15) is 0 Å². The molecule has 120 valence electrons. The van der Waals surface area contributed by atoms with E-state index in [0.29, 0.717) is 0 Å². The van der Waals surface area contributed by atoms with Gasteiger partial charge in [0.05, 0.1) is 0 Å². The molecule has 0 radical (unpaired) electrons. The molecule has 2 saturated heterocycles. The second-order valence-corrected chi connectivity index (χ2v) is 6.49. The molecule has 1 atom stereocenters. The second-order valence-electron chi connectivity index (χ2n) is 6.49. The number of anilines is 1. The molecule has 1 spiro atoms. The number of aromatic nitrogens is 2. The maximum Gasteiger partial charge on any atom is 0.225 e. The lowest BCUT2D eigenvalue weighted by molar-refractivity contribution is -0.132. The van der Waals surface area contributed by atoms with Crippen molar-refractivity contribution in [2.75, 3.05) is 37.7 Å². The van der Waals surface area contributed by atoms with Gasteiger partial charge in [0.25, 0.3) is 0 Å². The van der Waals surface area contributed by atoms with Gasteiger partial charge in [0, 0.05) is 58.0 Å². The topological polar surface area (TPSA) is 69.6 Å². The van der Waals surface area contributed by atoms with Crippen molar-refractivity contribution in [2.24, 2.45) is 11.3 Å². The molecular weight excluding hydrogens is 280 g/mol. The average molecular weight is 304 g/mol. The van der Waals surface area contributed by atoms with Gasteiger partial charge in [-0.3, -0.25) is 4.79 Å². The monoisotopic (exact) mass is 304 g/mol. The Balaban J connectivity index is 1.70. The standard InChI is InChI=1S/C16H24N4O2/c1-13(22)19-8-3-16(4-9-19)5-10-20(11-14(16)12-21)15-17-6-2-7-18-15/h2,6-7,14,21H,3-5,8-12H2,1H3/t14-/m1/s1. The summed E-state index contributed by atoms with van der Waals surface area (Å²) >= 11 is 0. The Morgan fingerprint density at radius 3 is 2.50 bits per heavy atom. The first-order chi connectivity index (χ1) is 10.6. The van der Waals surface area contributed by atoms with Gasteiger partial charge < -0.3 is 14.9 Å². The van der Waals surface area contributed by atoms with Crippen molar-refractivity contribution in [3.05, 3.63) is 18.5 Å². The lowest BCUT2D eigenvalue weighted by Crippen LogP contribution is -2.54. The van der Waals surface area contributed by atoms with Crippen LogP contribution in [0.15, 0.2) is 18.5 Å². The van der Waals surface area contributed by atoms with E-state index < -0.39 is 0 Å². The highest BCUT2D eigenvalue weighted by atomic mass is 16.3. The minimum atomic E-state index is 0.158. The number of hydrogen-bond acceptors (Lipinski definition) is 5. The number of rotatable bonds is 2. The molecule has 2 aliphatic heterocycles. The van der Waals surface area contributed by atoms with Gasteiger partial charge in [-0.2, -0.15) is 0 Å². The molecule has 2 fully saturated rings. The molecule has 22 heavy (non-hydrogen) atoms. The minimum Gasteiger partial charge on any atom is -0.396 e. The van der Waals surface area contributed by atoms with Gasteiger partial charge in [-0.1, -0.05) is 0 Å². The van der Waals surface area contributed by atoms with E-state index in [1.807, 2.05) is 11.0 Å². The number of nitrogens with zero attached hydrogens (tertiary/aromatic N) is 4. The van der Waals surface area contributed by atoms with Crippen molar-refractivity contribution in [1.29, 1.82) is 0 Å². The van der Waals surface area contributed by atoms with Crippen molar-refractivity contribution in [3.63, 3.8) is 0 Å². The largest absolute Gasteiger partial charge is 0.396 e. The summed E-state index contributed by atoms with van der Waals surface area (Å²) in [6, 6.07) is 1.82. The Labute approximate surface area is 131 Å². The maximum atomic E-state index is 11.5. The Morgan fingerprint density at radius 1 is 1.27 bits per heavy atom. The summed E-state index contributed by atoms with van der Waals surface area (Å²) < 4.78 is 0. The lowest BCUT2D eigenvalue weighted by Gasteiger charge is -2.51. The van der Waals surface area contributed by atoms with E-state index in [1.165, 1.54) is 0 Å². The third kappa shape index (κ3) is 2.79. The van der Waals surface area contributed by atoms with Crippen molar-refractivity contribution < 1.29 is 9.90 Å². The summed E-state index contributed by atoms with van der Waals surface area (Å²) in [4.78, 5) is 24.2. The van der Waals surface area contributed by atoms with E-state index in [9.17, 15) is 9.90 Å². The smallest absolute Gasteiger partial charge is 0.225 e. The molecule has 1 N–H and O–H groups in total. The van der Waals surface area contributed by atoms with Crippen LogP contribution in [0.25, 0.3) is 0 Å². The quantitative estimate of drug-likeness (QED) is 0.880. The number of aliphatic hydroxyl groups is 1. The van der Waals surface area contributed by atoms with Crippen LogP contribution in [0.2, 0.25) is 0 Å². The molecule has 3 rings (SSSR count). The predicted molar refractivity (Wildman–Crippen MR) is 83.4 cm³/mol. The first-order valence-corrected chi connectivity index (χ1v) is 8.03. The molecule has 0 saturated carbocycles. The molecule has 1 aromatic heterocycles. The molecular formula is C16H24N4O2. The van der Waals surface area contributed by atoms with Crippen LogP contribution in [0.5, 0.6) is 0 Å². The number of amides is 1. The summed E-state index contributed by atoms with van der Waals surface area (Å²) in [5, 5.41) is 9.90. The van der Waals surface area contributed by atoms with Crippen LogP contribution in [0, 0.1) is 11.3 Å². The summed E-state index contributed by atoms with van der Waals surface area (Å²) in [6.07, 6.45) is 6.52. The summed E-state index contributed by atoms with van der Waals surface area (Å²) in [5.41, 5.74) is 0.159. The third-order valence-corrected chi connectivity index (χ3v) is 5.45. The van der Waals surface area contributed by atoms with Crippen LogP contribution < -0.4 is 4.90 Å². The molecule has 2 aliphatic rings. The summed E-state index contributed by atoms with van der Waals surface area (Å²) in [5.74, 6) is 1.13. The zero-order chi connectivity index (χ0) is 15.6. The Kier molecular flexibility index (Phi) is 4.29. The highest BCUT2D eigenvalue weighted by molar-refractivity contribution is 5.73. The van der Waals surface area contributed by atoms with Crippen molar-refractivity contribution in [3.8, 4) is 0 Å². The maximum absolute atomic E-state index is 11.5. The zero-order valence-corrected chi connectivity index (χ0v) is 13.1. The molecule has 3 heterocycles. The molecule has 1 aromatic rings. The van der Waals surface area contributed by atoms with E-state index in [4.69, 9.17) is 0 Å². The molecule has 0 aromatic carbocycles. The van der Waals surface area contributed by atoms with E-state index in [2.05, 4.69) is 14.9 Å². The highest BCUT2D eigenvalue weighted by Crippen LogP contribution is 2.45. The Hall–Kier alpha value is -1.69. The van der Waals surface area contributed by atoms with Crippen LogP contribution in [-0.4, -0.2) is 58.7 Å². The minimum absolute atomic E-state index is 0.158. The van der Waals surface area contributed by atoms with Gasteiger partial charge in [0.2, 0.25) is 11.9 Å². The fraction of sp³-hybridized carbons (Fsp3) is 0.688. The Bertz CT molecular complexity index is 514. The van der Waals surface area contributed by atoms with E-state index >= 15 is 0 Å². The predicted octanol–water partition coefficient (Wildman–Crippen LogP) is 0.924. The normalized spacial score (nSPS) is 24.5. The SMILES string of the molecule is CC(=O)N1CCC2(CC1)CCN(c1ncccn1)C[C@@H]2CO. The lowest BCUT2D eigenvalue weighted by atomic mass is 9.64. The van der Waals surface area contributed by atoms with Crippen molar-refractivity contribution in [2.45, 2.75) is 26.2 Å². The van der Waals surface area contributed by atoms with Gasteiger partial charge in [-0.05, 0) is 30.7 Å². The first kappa shape index (κ1) is 15.2. The third-order valence-electron chi connectivity index (χ3n) is 5.45. The van der Waals surface area contributed by atoms with Crippen LogP contribution in [0.3, 0.4) is 0 Å². The van der Waals surface area contributed by atoms with Crippen LogP contribution in [0.1, 0.15) is 26.2 Å². The number of carbonyl (C=O) groups is 1. The molecule has 1 amide bonds. The molecule has 0 bridgehead atoms. The summed E-state index contributed by atoms with van der Waals surface area (Å²) in [7, 11) is 0. The van der Waals surface area contributed by atoms with Crippen LogP contribution in [0.4, 0.5) is 5.95 Å². The van der Waals surface area contributed by atoms with Crippen molar-refractivity contribution >= 4 is 11.9 Å². The van der Waals surface area contributed by atoms with Crippen LogP contribution >= 0.6 is 0 Å². The molecule has 6 heteroatoms.